The molecule has 2 heteroatoms. The Morgan fingerprint density at radius 2 is 1.68 bits per heavy atom. The van der Waals surface area contributed by atoms with E-state index in [0.717, 1.165) is 21.2 Å². The van der Waals surface area contributed by atoms with Crippen molar-refractivity contribution < 1.29 is 0 Å². The summed E-state index contributed by atoms with van der Waals surface area (Å²) >= 11 is 3.39. The van der Waals surface area contributed by atoms with Crippen molar-refractivity contribution in [3.8, 4) is 6.07 Å². The van der Waals surface area contributed by atoms with Crippen molar-refractivity contribution in [3.63, 3.8) is 0 Å². The largest absolute Gasteiger partial charge is 0.192 e. The van der Waals surface area contributed by atoms with Crippen molar-refractivity contribution in [2.45, 2.75) is 0 Å². The number of hydrogen-bond acceptors (Lipinski definition) is 1. The standard InChI is InChI=1S/C17H12BrN/c1-13(15-7-9-17(18)10-8-15)16(12-19)11-14-5-3-2-4-6-14/h2-11H,1H2/b16-11+. The molecule has 0 aliphatic rings. The van der Waals surface area contributed by atoms with E-state index in [9.17, 15) is 5.26 Å². The van der Waals surface area contributed by atoms with Gasteiger partial charge in [-0.2, -0.15) is 5.26 Å². The molecule has 2 rings (SSSR count). The van der Waals surface area contributed by atoms with E-state index in [1.165, 1.54) is 0 Å². The predicted octanol–water partition coefficient (Wildman–Crippen LogP) is 5.07. The van der Waals surface area contributed by atoms with Crippen LogP contribution in [0.5, 0.6) is 0 Å². The van der Waals surface area contributed by atoms with Crippen LogP contribution in [0, 0.1) is 11.3 Å². The second-order valence-corrected chi connectivity index (χ2v) is 4.98. The fraction of sp³-hybridized carbons (Fsp3) is 0. The third-order valence-corrected chi connectivity index (χ3v) is 3.28. The van der Waals surface area contributed by atoms with Crippen LogP contribution in [0.15, 0.2) is 71.2 Å². The first-order valence-corrected chi connectivity index (χ1v) is 6.62. The highest BCUT2D eigenvalue weighted by molar-refractivity contribution is 9.10. The average Bonchev–Trinajstić information content (AvgIpc) is 2.46. The van der Waals surface area contributed by atoms with E-state index >= 15 is 0 Å². The molecule has 19 heavy (non-hydrogen) atoms. The third-order valence-electron chi connectivity index (χ3n) is 2.75. The molecule has 0 heterocycles. The van der Waals surface area contributed by atoms with Gasteiger partial charge >= 0.3 is 0 Å². The fourth-order valence-electron chi connectivity index (χ4n) is 1.71. The predicted molar refractivity (Wildman–Crippen MR) is 83.2 cm³/mol. The van der Waals surface area contributed by atoms with E-state index in [4.69, 9.17) is 0 Å². The zero-order valence-corrected chi connectivity index (χ0v) is 11.9. The molecule has 0 unspecified atom stereocenters. The average molecular weight is 310 g/mol. The molecule has 0 saturated carbocycles. The number of halogens is 1. The SMILES string of the molecule is C=C(/C(C#N)=C/c1ccccc1)c1ccc(Br)cc1. The van der Waals surface area contributed by atoms with Crippen LogP contribution in [-0.4, -0.2) is 0 Å². The minimum Gasteiger partial charge on any atom is -0.192 e. The van der Waals surface area contributed by atoms with E-state index in [1.54, 1.807) is 0 Å². The molecule has 0 atom stereocenters. The van der Waals surface area contributed by atoms with Gasteiger partial charge in [0.25, 0.3) is 0 Å². The Morgan fingerprint density at radius 1 is 1.05 bits per heavy atom. The zero-order valence-electron chi connectivity index (χ0n) is 10.3. The van der Waals surface area contributed by atoms with Crippen molar-refractivity contribution in [1.29, 1.82) is 5.26 Å². The van der Waals surface area contributed by atoms with Crippen LogP contribution in [-0.2, 0) is 0 Å². The lowest BCUT2D eigenvalue weighted by molar-refractivity contribution is 1.49. The van der Waals surface area contributed by atoms with E-state index in [2.05, 4.69) is 28.6 Å². The Bertz CT molecular complexity index is 646. The Kier molecular flexibility index (Phi) is 4.33. The molecule has 0 spiro atoms. The quantitative estimate of drug-likeness (QED) is 0.573. The van der Waals surface area contributed by atoms with Gasteiger partial charge in [-0.05, 0) is 34.9 Å². The number of nitrogens with zero attached hydrogens (tertiary/aromatic N) is 1. The van der Waals surface area contributed by atoms with Crippen LogP contribution < -0.4 is 0 Å². The molecule has 0 N–H and O–H groups in total. The molecule has 0 aliphatic carbocycles. The summed E-state index contributed by atoms with van der Waals surface area (Å²) in [7, 11) is 0. The van der Waals surface area contributed by atoms with Gasteiger partial charge in [-0.1, -0.05) is 65.0 Å². The van der Waals surface area contributed by atoms with Crippen molar-refractivity contribution >= 4 is 27.6 Å². The summed E-state index contributed by atoms with van der Waals surface area (Å²) in [6, 6.07) is 19.8. The summed E-state index contributed by atoms with van der Waals surface area (Å²) < 4.78 is 1.01. The van der Waals surface area contributed by atoms with Crippen LogP contribution in [0.3, 0.4) is 0 Å². The minimum atomic E-state index is 0.577. The number of benzene rings is 2. The van der Waals surface area contributed by atoms with Crippen molar-refractivity contribution in [1.82, 2.24) is 0 Å². The summed E-state index contributed by atoms with van der Waals surface area (Å²) in [5, 5.41) is 9.29. The topological polar surface area (TPSA) is 23.8 Å². The summed E-state index contributed by atoms with van der Waals surface area (Å²) in [5.74, 6) is 0. The summed E-state index contributed by atoms with van der Waals surface area (Å²) in [6.45, 7) is 4.02. The number of nitriles is 1. The van der Waals surface area contributed by atoms with Gasteiger partial charge in [0, 0.05) is 4.47 Å². The summed E-state index contributed by atoms with van der Waals surface area (Å²) in [5.41, 5.74) is 3.26. The van der Waals surface area contributed by atoms with E-state index < -0.39 is 0 Å². The number of allylic oxidation sites excluding steroid dienone is 2. The zero-order chi connectivity index (χ0) is 13.7. The highest BCUT2D eigenvalue weighted by Crippen LogP contribution is 2.24. The minimum absolute atomic E-state index is 0.577. The molecule has 92 valence electrons. The third kappa shape index (κ3) is 3.43. The highest BCUT2D eigenvalue weighted by atomic mass is 79.9. The van der Waals surface area contributed by atoms with E-state index in [0.29, 0.717) is 5.57 Å². The highest BCUT2D eigenvalue weighted by Gasteiger charge is 2.05. The number of hydrogen-bond donors (Lipinski definition) is 0. The second kappa shape index (κ2) is 6.17. The Morgan fingerprint density at radius 3 is 2.26 bits per heavy atom. The van der Waals surface area contributed by atoms with E-state index in [1.807, 2.05) is 60.7 Å². The molecule has 2 aromatic rings. The molecule has 0 radical (unpaired) electrons. The monoisotopic (exact) mass is 309 g/mol. The maximum Gasteiger partial charge on any atom is 0.0998 e. The smallest absolute Gasteiger partial charge is 0.0998 e. The van der Waals surface area contributed by atoms with Crippen LogP contribution in [0.25, 0.3) is 11.6 Å². The van der Waals surface area contributed by atoms with Crippen LogP contribution in [0.4, 0.5) is 0 Å². The van der Waals surface area contributed by atoms with E-state index in [-0.39, 0.29) is 0 Å². The molecule has 2 aromatic carbocycles. The van der Waals surface area contributed by atoms with Crippen molar-refractivity contribution in [3.05, 3.63) is 82.3 Å². The molecule has 0 fully saturated rings. The van der Waals surface area contributed by atoms with Gasteiger partial charge in [-0.3, -0.25) is 0 Å². The second-order valence-electron chi connectivity index (χ2n) is 4.07. The van der Waals surface area contributed by atoms with Crippen molar-refractivity contribution in [2.75, 3.05) is 0 Å². The van der Waals surface area contributed by atoms with Crippen molar-refractivity contribution in [2.24, 2.45) is 0 Å². The Labute approximate surface area is 121 Å². The molecule has 0 saturated heterocycles. The molecule has 0 aromatic heterocycles. The molecule has 1 nitrogen and oxygen atoms in total. The van der Waals surface area contributed by atoms with Crippen LogP contribution in [0.1, 0.15) is 11.1 Å². The van der Waals surface area contributed by atoms with Gasteiger partial charge in [0.15, 0.2) is 0 Å². The summed E-state index contributed by atoms with van der Waals surface area (Å²) in [6.07, 6.45) is 1.85. The summed E-state index contributed by atoms with van der Waals surface area (Å²) in [4.78, 5) is 0. The van der Waals surface area contributed by atoms with Crippen LogP contribution >= 0.6 is 15.9 Å². The van der Waals surface area contributed by atoms with Gasteiger partial charge in [-0.15, -0.1) is 0 Å². The van der Waals surface area contributed by atoms with Gasteiger partial charge < -0.3 is 0 Å². The van der Waals surface area contributed by atoms with Gasteiger partial charge in [0.05, 0.1) is 11.6 Å². The molecule has 0 amide bonds. The molecular formula is C17H12BrN. The van der Waals surface area contributed by atoms with Gasteiger partial charge in [0.2, 0.25) is 0 Å². The lowest BCUT2D eigenvalue weighted by Crippen LogP contribution is -1.86. The fourth-order valence-corrected chi connectivity index (χ4v) is 1.97. The van der Waals surface area contributed by atoms with Gasteiger partial charge in [0.1, 0.15) is 0 Å². The normalized spacial score (nSPS) is 10.8. The molecular weight excluding hydrogens is 298 g/mol. The van der Waals surface area contributed by atoms with Gasteiger partial charge in [-0.25, -0.2) is 0 Å². The lowest BCUT2D eigenvalue weighted by atomic mass is 9.98. The number of rotatable bonds is 3. The Hall–Kier alpha value is -2.11. The maximum absolute atomic E-state index is 9.29. The first kappa shape index (κ1) is 13.3. The van der Waals surface area contributed by atoms with Crippen LogP contribution in [0.2, 0.25) is 0 Å². The lowest BCUT2D eigenvalue weighted by Gasteiger charge is -2.05. The Balaban J connectivity index is 2.33. The maximum atomic E-state index is 9.29. The first-order valence-electron chi connectivity index (χ1n) is 5.83. The molecule has 0 aliphatic heterocycles. The molecule has 0 bridgehead atoms. The first-order chi connectivity index (χ1) is 9.20.